The summed E-state index contributed by atoms with van der Waals surface area (Å²) in [5, 5.41) is 0.655. The molecule has 140 valence electrons. The van der Waals surface area contributed by atoms with E-state index in [-0.39, 0.29) is 6.09 Å². The zero-order chi connectivity index (χ0) is 19.4. The van der Waals surface area contributed by atoms with Gasteiger partial charge in [-0.15, -0.1) is 0 Å². The first kappa shape index (κ1) is 19.3. The first-order valence-electron chi connectivity index (χ1n) is 9.19. The fraction of sp³-hybridized carbons (Fsp3) is 0.348. The fourth-order valence-corrected chi connectivity index (χ4v) is 3.32. The van der Waals surface area contributed by atoms with Gasteiger partial charge < -0.3 is 9.64 Å². The van der Waals surface area contributed by atoms with Crippen molar-refractivity contribution in [2.75, 3.05) is 13.1 Å². The van der Waals surface area contributed by atoms with Crippen molar-refractivity contribution in [3.8, 4) is 11.8 Å². The molecule has 0 aromatic heterocycles. The third kappa shape index (κ3) is 5.05. The van der Waals surface area contributed by atoms with E-state index in [1.807, 2.05) is 63.2 Å². The third-order valence-corrected chi connectivity index (χ3v) is 4.71. The molecular formula is C23H24ClNO2. The maximum Gasteiger partial charge on any atom is 0.410 e. The van der Waals surface area contributed by atoms with Gasteiger partial charge in [-0.05, 0) is 62.9 Å². The Kier molecular flexibility index (Phi) is 5.77. The molecule has 1 aliphatic heterocycles. The van der Waals surface area contributed by atoms with Gasteiger partial charge in [0.2, 0.25) is 0 Å². The minimum absolute atomic E-state index is 0.265. The Morgan fingerprint density at radius 1 is 1.04 bits per heavy atom. The molecule has 3 nitrogen and oxygen atoms in total. The molecule has 1 amide bonds. The molecule has 27 heavy (non-hydrogen) atoms. The summed E-state index contributed by atoms with van der Waals surface area (Å²) in [6, 6.07) is 13.8. The lowest BCUT2D eigenvalue weighted by atomic mass is 9.97. The Bertz CT molecular complexity index is 888. The topological polar surface area (TPSA) is 29.5 Å². The first-order valence-corrected chi connectivity index (χ1v) is 9.56. The van der Waals surface area contributed by atoms with Crippen LogP contribution in [0.15, 0.2) is 42.5 Å². The number of hydrogen-bond donors (Lipinski definition) is 0. The number of amides is 1. The summed E-state index contributed by atoms with van der Waals surface area (Å²) in [6.45, 7) is 6.88. The van der Waals surface area contributed by atoms with Crippen LogP contribution in [0.4, 0.5) is 4.79 Å². The van der Waals surface area contributed by atoms with Gasteiger partial charge in [-0.2, -0.15) is 0 Å². The molecular weight excluding hydrogens is 358 g/mol. The Morgan fingerprint density at radius 3 is 2.44 bits per heavy atom. The Labute approximate surface area is 166 Å². The maximum absolute atomic E-state index is 12.4. The molecule has 2 aromatic carbocycles. The molecule has 1 aliphatic rings. The van der Waals surface area contributed by atoms with Crippen molar-refractivity contribution < 1.29 is 9.53 Å². The molecule has 2 aromatic rings. The number of nitrogens with zero attached hydrogens (tertiary/aromatic N) is 1. The monoisotopic (exact) mass is 381 g/mol. The van der Waals surface area contributed by atoms with Gasteiger partial charge in [0.1, 0.15) is 5.60 Å². The molecule has 0 atom stereocenters. The normalized spacial score (nSPS) is 13.9. The number of benzene rings is 2. The molecule has 0 unspecified atom stereocenters. The van der Waals surface area contributed by atoms with Crippen LogP contribution in [0.2, 0.25) is 5.02 Å². The Hall–Kier alpha value is -2.44. The van der Waals surface area contributed by atoms with Crippen molar-refractivity contribution in [2.45, 2.75) is 39.2 Å². The summed E-state index contributed by atoms with van der Waals surface area (Å²) in [5.74, 6) is 6.45. The third-order valence-electron chi connectivity index (χ3n) is 4.40. The van der Waals surface area contributed by atoms with Crippen LogP contribution in [0.3, 0.4) is 0 Å². The molecule has 0 spiro atoms. The van der Waals surface area contributed by atoms with E-state index >= 15 is 0 Å². The lowest BCUT2D eigenvalue weighted by molar-refractivity contribution is 0.0258. The van der Waals surface area contributed by atoms with E-state index < -0.39 is 5.60 Å². The highest BCUT2D eigenvalue weighted by atomic mass is 35.5. The van der Waals surface area contributed by atoms with Gasteiger partial charge >= 0.3 is 6.09 Å². The van der Waals surface area contributed by atoms with Crippen molar-refractivity contribution in [1.29, 1.82) is 0 Å². The zero-order valence-electron chi connectivity index (χ0n) is 16.0. The largest absolute Gasteiger partial charge is 0.444 e. The van der Waals surface area contributed by atoms with Crippen LogP contribution in [0, 0.1) is 11.8 Å². The summed E-state index contributed by atoms with van der Waals surface area (Å²) in [7, 11) is 0. The second-order valence-electron chi connectivity index (χ2n) is 7.64. The Morgan fingerprint density at radius 2 is 1.74 bits per heavy atom. The standard InChI is InChI=1S/C23H24ClNO2/c1-23(2,3)27-22(26)25-15-13-18-10-12-21(24)20(19(18)14-16-25)11-9-17-7-5-4-6-8-17/h4-8,10,12H,13-16H2,1-3H3. The minimum atomic E-state index is -0.494. The van der Waals surface area contributed by atoms with E-state index in [4.69, 9.17) is 16.3 Å². The highest BCUT2D eigenvalue weighted by Crippen LogP contribution is 2.27. The fourth-order valence-electron chi connectivity index (χ4n) is 3.10. The predicted octanol–water partition coefficient (Wildman–Crippen LogP) is 5.08. The number of carbonyl (C=O) groups excluding carboxylic acids is 1. The highest BCUT2D eigenvalue weighted by molar-refractivity contribution is 6.31. The molecule has 0 N–H and O–H groups in total. The average Bonchev–Trinajstić information content (AvgIpc) is 2.83. The van der Waals surface area contributed by atoms with Crippen molar-refractivity contribution >= 4 is 17.7 Å². The van der Waals surface area contributed by atoms with Crippen molar-refractivity contribution in [3.05, 3.63) is 69.7 Å². The molecule has 1 heterocycles. The summed E-state index contributed by atoms with van der Waals surface area (Å²) in [6.07, 6.45) is 1.22. The lowest BCUT2D eigenvalue weighted by Crippen LogP contribution is -2.38. The van der Waals surface area contributed by atoms with Crippen LogP contribution in [0.25, 0.3) is 0 Å². The summed E-state index contributed by atoms with van der Waals surface area (Å²) in [5.41, 5.74) is 3.66. The van der Waals surface area contributed by atoms with E-state index in [1.165, 1.54) is 5.56 Å². The van der Waals surface area contributed by atoms with E-state index in [1.54, 1.807) is 4.90 Å². The average molecular weight is 382 g/mol. The number of hydrogen-bond acceptors (Lipinski definition) is 2. The van der Waals surface area contributed by atoms with E-state index in [9.17, 15) is 4.79 Å². The van der Waals surface area contributed by atoms with Crippen LogP contribution < -0.4 is 0 Å². The van der Waals surface area contributed by atoms with Gasteiger partial charge in [0, 0.05) is 24.2 Å². The minimum Gasteiger partial charge on any atom is -0.444 e. The highest BCUT2D eigenvalue weighted by Gasteiger charge is 2.25. The van der Waals surface area contributed by atoms with Gasteiger partial charge in [-0.25, -0.2) is 4.79 Å². The van der Waals surface area contributed by atoms with Crippen molar-refractivity contribution in [3.63, 3.8) is 0 Å². The van der Waals surface area contributed by atoms with Crippen molar-refractivity contribution in [2.24, 2.45) is 0 Å². The number of rotatable bonds is 0. The summed E-state index contributed by atoms with van der Waals surface area (Å²) in [4.78, 5) is 14.2. The lowest BCUT2D eigenvalue weighted by Gasteiger charge is -2.26. The molecule has 0 bridgehead atoms. The van der Waals surface area contributed by atoms with Gasteiger partial charge in [-0.3, -0.25) is 0 Å². The van der Waals surface area contributed by atoms with Gasteiger partial charge in [0.15, 0.2) is 0 Å². The molecule has 0 saturated heterocycles. The van der Waals surface area contributed by atoms with Crippen LogP contribution in [0.5, 0.6) is 0 Å². The molecule has 0 aliphatic carbocycles. The van der Waals surface area contributed by atoms with Crippen LogP contribution in [0.1, 0.15) is 43.0 Å². The summed E-state index contributed by atoms with van der Waals surface area (Å²) < 4.78 is 5.52. The van der Waals surface area contributed by atoms with E-state index in [2.05, 4.69) is 11.8 Å². The zero-order valence-corrected chi connectivity index (χ0v) is 16.8. The summed E-state index contributed by atoms with van der Waals surface area (Å²) >= 11 is 6.46. The van der Waals surface area contributed by atoms with Crippen LogP contribution >= 0.6 is 11.6 Å². The van der Waals surface area contributed by atoms with E-state index in [0.29, 0.717) is 24.5 Å². The number of halogens is 1. The second-order valence-corrected chi connectivity index (χ2v) is 8.05. The number of fused-ring (bicyclic) bond motifs is 1. The van der Waals surface area contributed by atoms with Gasteiger partial charge in [0.05, 0.1) is 5.02 Å². The molecule has 0 radical (unpaired) electrons. The van der Waals surface area contributed by atoms with E-state index in [0.717, 1.165) is 23.1 Å². The quantitative estimate of drug-likeness (QED) is 0.596. The predicted molar refractivity (Wildman–Crippen MR) is 109 cm³/mol. The van der Waals surface area contributed by atoms with Crippen LogP contribution in [-0.2, 0) is 17.6 Å². The van der Waals surface area contributed by atoms with Gasteiger partial charge in [-0.1, -0.05) is 47.7 Å². The van der Waals surface area contributed by atoms with Crippen molar-refractivity contribution in [1.82, 2.24) is 4.90 Å². The number of ether oxygens (including phenoxy) is 1. The molecule has 0 fully saturated rings. The maximum atomic E-state index is 12.4. The molecule has 0 saturated carbocycles. The second kappa shape index (κ2) is 8.06. The number of carbonyl (C=O) groups is 1. The van der Waals surface area contributed by atoms with Crippen LogP contribution in [-0.4, -0.2) is 29.7 Å². The SMILES string of the molecule is CC(C)(C)OC(=O)N1CCc2ccc(Cl)c(C#Cc3ccccc3)c2CC1. The Balaban J connectivity index is 1.85. The van der Waals surface area contributed by atoms with Gasteiger partial charge in [0.25, 0.3) is 0 Å². The molecule has 4 heteroatoms. The first-order chi connectivity index (χ1) is 12.8. The smallest absolute Gasteiger partial charge is 0.410 e. The molecule has 3 rings (SSSR count).